The molecule has 1 atom stereocenters. The molecule has 0 aliphatic carbocycles. The first-order valence-electron chi connectivity index (χ1n) is 6.75. The van der Waals surface area contributed by atoms with E-state index in [2.05, 4.69) is 32.5 Å². The Bertz CT molecular complexity index is 576. The van der Waals surface area contributed by atoms with Crippen molar-refractivity contribution in [1.29, 1.82) is 0 Å². The number of hydrogen-bond acceptors (Lipinski definition) is 6. The summed E-state index contributed by atoms with van der Waals surface area (Å²) in [5.41, 5.74) is 2.88. The molecule has 110 valence electrons. The minimum atomic E-state index is -0.0282. The van der Waals surface area contributed by atoms with Gasteiger partial charge in [0, 0.05) is 24.1 Å². The molecular weight excluding hydrogens is 304 g/mol. The van der Waals surface area contributed by atoms with Gasteiger partial charge in [0.2, 0.25) is 11.0 Å². The molecule has 2 heterocycles. The summed E-state index contributed by atoms with van der Waals surface area (Å²) in [6, 6.07) is 10.7. The molecule has 1 aromatic carbocycles. The van der Waals surface area contributed by atoms with Crippen LogP contribution in [0.2, 0.25) is 0 Å². The lowest BCUT2D eigenvalue weighted by Gasteiger charge is -2.35. The molecule has 5 nitrogen and oxygen atoms in total. The van der Waals surface area contributed by atoms with E-state index in [1.54, 1.807) is 5.51 Å². The summed E-state index contributed by atoms with van der Waals surface area (Å²) < 4.78 is 0. The lowest BCUT2D eigenvalue weighted by atomic mass is 10.1. The number of nitrogens with one attached hydrogen (secondary N) is 1. The van der Waals surface area contributed by atoms with Crippen LogP contribution in [0, 0.1) is 0 Å². The molecule has 1 N–H and O–H groups in total. The fourth-order valence-electron chi connectivity index (χ4n) is 2.38. The van der Waals surface area contributed by atoms with Gasteiger partial charge < -0.3 is 0 Å². The summed E-state index contributed by atoms with van der Waals surface area (Å²) in [4.78, 5) is 14.4. The molecule has 1 fully saturated rings. The highest BCUT2D eigenvalue weighted by Crippen LogP contribution is 2.29. The number of nitrogens with zero attached hydrogens (tertiary/aromatic N) is 3. The summed E-state index contributed by atoms with van der Waals surface area (Å²) in [7, 11) is 0. The highest BCUT2D eigenvalue weighted by atomic mass is 32.2. The zero-order valence-corrected chi connectivity index (χ0v) is 13.1. The van der Waals surface area contributed by atoms with Gasteiger partial charge in [-0.05, 0) is 5.56 Å². The molecule has 1 saturated heterocycles. The Morgan fingerprint density at radius 1 is 1.38 bits per heavy atom. The number of carbonyl (C=O) groups is 1. The summed E-state index contributed by atoms with van der Waals surface area (Å²) in [5, 5.41) is 10.9. The van der Waals surface area contributed by atoms with Gasteiger partial charge >= 0.3 is 0 Å². The van der Waals surface area contributed by atoms with E-state index in [1.165, 1.54) is 16.9 Å². The van der Waals surface area contributed by atoms with Crippen LogP contribution < -0.4 is 5.32 Å². The van der Waals surface area contributed by atoms with Crippen molar-refractivity contribution < 1.29 is 4.79 Å². The summed E-state index contributed by atoms with van der Waals surface area (Å²) in [6.07, 6.45) is 0. The largest absolute Gasteiger partial charge is 0.299 e. The molecule has 7 heteroatoms. The van der Waals surface area contributed by atoms with E-state index in [0.717, 1.165) is 18.1 Å². The van der Waals surface area contributed by atoms with Crippen molar-refractivity contribution in [3.05, 3.63) is 41.4 Å². The topological polar surface area (TPSA) is 58.1 Å². The third kappa shape index (κ3) is 3.81. The van der Waals surface area contributed by atoms with Gasteiger partial charge in [0.05, 0.1) is 6.54 Å². The Labute approximate surface area is 131 Å². The number of rotatable bonds is 4. The maximum Gasteiger partial charge on any atom is 0.240 e. The average Bonchev–Trinajstić information content (AvgIpc) is 3.01. The van der Waals surface area contributed by atoms with Gasteiger partial charge in [0.25, 0.3) is 0 Å². The van der Waals surface area contributed by atoms with Crippen LogP contribution in [-0.4, -0.2) is 45.6 Å². The summed E-state index contributed by atoms with van der Waals surface area (Å²) in [5.74, 6) is 2.06. The fourth-order valence-corrected chi connectivity index (χ4v) is 4.00. The molecule has 0 saturated carbocycles. The third-order valence-corrected chi connectivity index (χ3v) is 5.01. The number of carbonyl (C=O) groups excluding carboxylic acids is 1. The Morgan fingerprint density at radius 2 is 2.24 bits per heavy atom. The van der Waals surface area contributed by atoms with Crippen LogP contribution in [-0.2, 0) is 4.79 Å². The molecule has 1 aliphatic rings. The predicted molar refractivity (Wildman–Crippen MR) is 86.6 cm³/mol. The van der Waals surface area contributed by atoms with Crippen molar-refractivity contribution in [2.75, 3.05) is 29.9 Å². The molecule has 0 bridgehead atoms. The molecule has 3 rings (SSSR count). The molecule has 0 spiro atoms. The number of benzene rings is 1. The lowest BCUT2D eigenvalue weighted by Crippen LogP contribution is -2.41. The van der Waals surface area contributed by atoms with Gasteiger partial charge in [-0.25, -0.2) is 0 Å². The maximum absolute atomic E-state index is 12.1. The van der Waals surface area contributed by atoms with E-state index in [4.69, 9.17) is 0 Å². The Morgan fingerprint density at radius 3 is 3.00 bits per heavy atom. The first-order valence-corrected chi connectivity index (χ1v) is 8.79. The van der Waals surface area contributed by atoms with Gasteiger partial charge in [0.15, 0.2) is 0 Å². The van der Waals surface area contributed by atoms with Crippen molar-refractivity contribution in [3.8, 4) is 0 Å². The van der Waals surface area contributed by atoms with Gasteiger partial charge in [-0.2, -0.15) is 11.8 Å². The van der Waals surface area contributed by atoms with Crippen LogP contribution >= 0.6 is 23.1 Å². The molecule has 1 amide bonds. The van der Waals surface area contributed by atoms with Crippen LogP contribution in [0.4, 0.5) is 5.13 Å². The molecule has 1 aromatic heterocycles. The molecule has 1 aliphatic heterocycles. The van der Waals surface area contributed by atoms with Gasteiger partial charge in [-0.15, -0.1) is 10.2 Å². The predicted octanol–water partition coefficient (Wildman–Crippen LogP) is 2.27. The Balaban J connectivity index is 1.66. The van der Waals surface area contributed by atoms with E-state index < -0.39 is 0 Å². The molecule has 21 heavy (non-hydrogen) atoms. The van der Waals surface area contributed by atoms with E-state index in [0.29, 0.717) is 17.7 Å². The number of anilines is 1. The molecular formula is C14H16N4OS2. The number of hydrogen-bond donors (Lipinski definition) is 1. The quantitative estimate of drug-likeness (QED) is 0.936. The van der Waals surface area contributed by atoms with Gasteiger partial charge in [-0.1, -0.05) is 41.7 Å². The number of thioether (sulfide) groups is 1. The van der Waals surface area contributed by atoms with Gasteiger partial charge in [0.1, 0.15) is 5.51 Å². The highest BCUT2D eigenvalue weighted by molar-refractivity contribution is 7.99. The minimum Gasteiger partial charge on any atom is -0.299 e. The number of amides is 1. The maximum atomic E-state index is 12.1. The summed E-state index contributed by atoms with van der Waals surface area (Å²) >= 11 is 3.27. The van der Waals surface area contributed by atoms with Crippen LogP contribution in [0.5, 0.6) is 0 Å². The Hall–Kier alpha value is -1.44. The average molecular weight is 320 g/mol. The molecule has 2 aromatic rings. The minimum absolute atomic E-state index is 0.0282. The fraction of sp³-hybridized carbons (Fsp3) is 0.357. The van der Waals surface area contributed by atoms with E-state index in [1.807, 2.05) is 30.0 Å². The summed E-state index contributed by atoms with van der Waals surface area (Å²) in [6.45, 7) is 1.31. The first kappa shape index (κ1) is 14.5. The van der Waals surface area contributed by atoms with Crippen LogP contribution in [0.1, 0.15) is 11.6 Å². The van der Waals surface area contributed by atoms with Gasteiger partial charge in [-0.3, -0.25) is 15.0 Å². The molecule has 0 unspecified atom stereocenters. The van der Waals surface area contributed by atoms with Crippen molar-refractivity contribution in [1.82, 2.24) is 15.1 Å². The highest BCUT2D eigenvalue weighted by Gasteiger charge is 2.26. The Kier molecular flexibility index (Phi) is 4.84. The van der Waals surface area contributed by atoms with Crippen molar-refractivity contribution in [2.24, 2.45) is 0 Å². The second kappa shape index (κ2) is 7.02. The zero-order chi connectivity index (χ0) is 14.5. The lowest BCUT2D eigenvalue weighted by molar-refractivity contribution is -0.117. The monoisotopic (exact) mass is 320 g/mol. The van der Waals surface area contributed by atoms with Crippen molar-refractivity contribution in [2.45, 2.75) is 6.04 Å². The standard InChI is InChI=1S/C14H16N4OS2/c19-13(16-14-17-15-10-21-14)8-18-6-7-20-9-12(18)11-4-2-1-3-5-11/h1-5,10,12H,6-9H2,(H,16,17,19)/t12-/m0/s1. The van der Waals surface area contributed by atoms with Crippen molar-refractivity contribution >= 4 is 34.1 Å². The van der Waals surface area contributed by atoms with E-state index in [-0.39, 0.29) is 5.91 Å². The van der Waals surface area contributed by atoms with E-state index in [9.17, 15) is 4.79 Å². The molecule has 0 radical (unpaired) electrons. The second-order valence-corrected chi connectivity index (χ2v) is 6.75. The van der Waals surface area contributed by atoms with Crippen LogP contribution in [0.15, 0.2) is 35.8 Å². The SMILES string of the molecule is O=C(CN1CCSC[C@H]1c1ccccc1)Nc1nncs1. The van der Waals surface area contributed by atoms with Crippen LogP contribution in [0.3, 0.4) is 0 Å². The van der Waals surface area contributed by atoms with E-state index >= 15 is 0 Å². The van der Waals surface area contributed by atoms with Crippen LogP contribution in [0.25, 0.3) is 0 Å². The number of aromatic nitrogens is 2. The zero-order valence-electron chi connectivity index (χ0n) is 11.4. The second-order valence-electron chi connectivity index (χ2n) is 4.76. The smallest absolute Gasteiger partial charge is 0.240 e. The third-order valence-electron chi connectivity index (χ3n) is 3.38. The first-order chi connectivity index (χ1) is 10.3. The normalized spacial score (nSPS) is 19.3. The van der Waals surface area contributed by atoms with Crippen molar-refractivity contribution in [3.63, 3.8) is 0 Å².